The molecule has 1 rings (SSSR count). The highest BCUT2D eigenvalue weighted by molar-refractivity contribution is 5.73. The Labute approximate surface area is 118 Å². The highest BCUT2D eigenvalue weighted by Gasteiger charge is 2.24. The van der Waals surface area contributed by atoms with Crippen LogP contribution in [-0.2, 0) is 0 Å². The molecule has 0 aliphatic carbocycles. The Kier molecular flexibility index (Phi) is 6.63. The van der Waals surface area contributed by atoms with Crippen LogP contribution in [0.5, 0.6) is 0 Å². The number of likely N-dealkylation sites (tertiary alicyclic amines) is 1. The predicted molar refractivity (Wildman–Crippen MR) is 80.3 cm³/mol. The van der Waals surface area contributed by atoms with Gasteiger partial charge in [0.1, 0.15) is 0 Å². The van der Waals surface area contributed by atoms with Crippen LogP contribution >= 0.6 is 0 Å². The first kappa shape index (κ1) is 16.3. The highest BCUT2D eigenvalue weighted by atomic mass is 16.2. The van der Waals surface area contributed by atoms with Gasteiger partial charge in [0.15, 0.2) is 0 Å². The van der Waals surface area contributed by atoms with Gasteiger partial charge in [0.25, 0.3) is 0 Å². The van der Waals surface area contributed by atoms with Crippen LogP contribution < -0.4 is 5.32 Å². The molecular formula is C15H31N3O. The lowest BCUT2D eigenvalue weighted by Crippen LogP contribution is -2.49. The van der Waals surface area contributed by atoms with E-state index in [0.29, 0.717) is 12.1 Å². The second-order valence-electron chi connectivity index (χ2n) is 6.26. The number of nitrogens with zero attached hydrogens (tertiary/aromatic N) is 2. The van der Waals surface area contributed by atoms with E-state index < -0.39 is 0 Å². The summed E-state index contributed by atoms with van der Waals surface area (Å²) in [6.45, 7) is 8.61. The van der Waals surface area contributed by atoms with Crippen LogP contribution in [0.2, 0.25) is 0 Å². The van der Waals surface area contributed by atoms with Crippen molar-refractivity contribution in [3.8, 4) is 0 Å². The molecule has 2 atom stereocenters. The summed E-state index contributed by atoms with van der Waals surface area (Å²) < 4.78 is 0. The van der Waals surface area contributed by atoms with E-state index in [-0.39, 0.29) is 6.03 Å². The lowest BCUT2D eigenvalue weighted by Gasteiger charge is -2.35. The maximum atomic E-state index is 11.8. The number of urea groups is 1. The van der Waals surface area contributed by atoms with Crippen molar-refractivity contribution in [2.45, 2.75) is 58.5 Å². The van der Waals surface area contributed by atoms with E-state index in [2.05, 4.69) is 26.1 Å². The number of piperidine rings is 1. The molecule has 0 bridgehead atoms. The molecule has 2 unspecified atom stereocenters. The van der Waals surface area contributed by atoms with Crippen molar-refractivity contribution in [2.24, 2.45) is 5.92 Å². The minimum Gasteiger partial charge on any atom is -0.331 e. The summed E-state index contributed by atoms with van der Waals surface area (Å²) in [6, 6.07) is 1.30. The van der Waals surface area contributed by atoms with Gasteiger partial charge in [-0.15, -0.1) is 0 Å². The van der Waals surface area contributed by atoms with Crippen molar-refractivity contribution >= 4 is 6.03 Å². The molecule has 4 nitrogen and oxygen atoms in total. The second kappa shape index (κ2) is 7.73. The standard InChI is InChI=1S/C15H31N3O/c1-6-12(2)11-13(3)16-14-7-9-18(10-8-14)15(19)17(4)5/h12-14,16H,6-11H2,1-5H3. The molecule has 4 heteroatoms. The minimum absolute atomic E-state index is 0.145. The first-order valence-electron chi connectivity index (χ1n) is 7.66. The summed E-state index contributed by atoms with van der Waals surface area (Å²) in [6.07, 6.45) is 4.64. The van der Waals surface area contributed by atoms with Crippen LogP contribution in [0.15, 0.2) is 0 Å². The van der Waals surface area contributed by atoms with Crippen molar-refractivity contribution in [3.05, 3.63) is 0 Å². The molecule has 1 aliphatic heterocycles. The summed E-state index contributed by atoms with van der Waals surface area (Å²) in [7, 11) is 3.64. The largest absolute Gasteiger partial charge is 0.331 e. The maximum absolute atomic E-state index is 11.8. The van der Waals surface area contributed by atoms with Gasteiger partial charge in [-0.2, -0.15) is 0 Å². The summed E-state index contributed by atoms with van der Waals surface area (Å²) in [5.41, 5.74) is 0. The first-order valence-corrected chi connectivity index (χ1v) is 7.66. The van der Waals surface area contributed by atoms with Crippen molar-refractivity contribution in [1.29, 1.82) is 0 Å². The van der Waals surface area contributed by atoms with Gasteiger partial charge in [0, 0.05) is 39.3 Å². The van der Waals surface area contributed by atoms with Crippen LogP contribution in [0.4, 0.5) is 4.79 Å². The number of carbonyl (C=O) groups excluding carboxylic acids is 1. The number of amides is 2. The lowest BCUT2D eigenvalue weighted by molar-refractivity contribution is 0.150. The van der Waals surface area contributed by atoms with Gasteiger partial charge in [0.05, 0.1) is 0 Å². The average molecular weight is 269 g/mol. The molecule has 1 fully saturated rings. The zero-order chi connectivity index (χ0) is 14.4. The van der Waals surface area contributed by atoms with E-state index in [9.17, 15) is 4.79 Å². The molecule has 0 aromatic rings. The smallest absolute Gasteiger partial charge is 0.319 e. The van der Waals surface area contributed by atoms with E-state index in [1.807, 2.05) is 19.0 Å². The monoisotopic (exact) mass is 269 g/mol. The van der Waals surface area contributed by atoms with E-state index in [1.165, 1.54) is 12.8 Å². The molecule has 112 valence electrons. The van der Waals surface area contributed by atoms with E-state index in [4.69, 9.17) is 0 Å². The number of rotatable bonds is 5. The van der Waals surface area contributed by atoms with Crippen LogP contribution in [0.3, 0.4) is 0 Å². The second-order valence-corrected chi connectivity index (χ2v) is 6.26. The Hall–Kier alpha value is -0.770. The van der Waals surface area contributed by atoms with Crippen molar-refractivity contribution in [3.63, 3.8) is 0 Å². The van der Waals surface area contributed by atoms with Gasteiger partial charge < -0.3 is 15.1 Å². The van der Waals surface area contributed by atoms with Crippen molar-refractivity contribution in [2.75, 3.05) is 27.2 Å². The molecule has 1 N–H and O–H groups in total. The normalized spacial score (nSPS) is 20.2. The third-order valence-electron chi connectivity index (χ3n) is 4.12. The predicted octanol–water partition coefficient (Wildman–Crippen LogP) is 2.55. The van der Waals surface area contributed by atoms with Gasteiger partial charge in [0.2, 0.25) is 0 Å². The highest BCUT2D eigenvalue weighted by Crippen LogP contribution is 2.15. The third-order valence-corrected chi connectivity index (χ3v) is 4.12. The summed E-state index contributed by atoms with van der Waals surface area (Å²) in [4.78, 5) is 15.5. The molecule has 0 spiro atoms. The quantitative estimate of drug-likeness (QED) is 0.832. The molecule has 0 aromatic carbocycles. The Bertz CT molecular complexity index is 273. The lowest BCUT2D eigenvalue weighted by atomic mass is 9.98. The van der Waals surface area contributed by atoms with Gasteiger partial charge >= 0.3 is 6.03 Å². The molecule has 1 aliphatic rings. The van der Waals surface area contributed by atoms with Gasteiger partial charge in [-0.1, -0.05) is 20.3 Å². The van der Waals surface area contributed by atoms with Crippen molar-refractivity contribution in [1.82, 2.24) is 15.1 Å². The molecule has 1 heterocycles. The Morgan fingerprint density at radius 3 is 2.37 bits per heavy atom. The molecule has 1 saturated heterocycles. The molecule has 0 aromatic heterocycles. The molecule has 19 heavy (non-hydrogen) atoms. The van der Waals surface area contributed by atoms with Gasteiger partial charge in [-0.3, -0.25) is 0 Å². The Balaban J connectivity index is 2.28. The maximum Gasteiger partial charge on any atom is 0.319 e. The van der Waals surface area contributed by atoms with Crippen LogP contribution in [0.1, 0.15) is 46.5 Å². The summed E-state index contributed by atoms with van der Waals surface area (Å²) in [5, 5.41) is 3.72. The molecular weight excluding hydrogens is 238 g/mol. The van der Waals surface area contributed by atoms with Crippen LogP contribution in [-0.4, -0.2) is 55.1 Å². The number of nitrogens with one attached hydrogen (secondary N) is 1. The van der Waals surface area contributed by atoms with Crippen molar-refractivity contribution < 1.29 is 4.79 Å². The number of hydrogen-bond acceptors (Lipinski definition) is 2. The fourth-order valence-corrected chi connectivity index (χ4v) is 2.76. The van der Waals surface area contributed by atoms with Crippen LogP contribution in [0, 0.1) is 5.92 Å². The topological polar surface area (TPSA) is 35.6 Å². The van der Waals surface area contributed by atoms with E-state index in [1.54, 1.807) is 4.90 Å². The number of carbonyl (C=O) groups is 1. The Morgan fingerprint density at radius 1 is 1.32 bits per heavy atom. The zero-order valence-electron chi connectivity index (χ0n) is 13.3. The molecule has 2 amide bonds. The summed E-state index contributed by atoms with van der Waals surface area (Å²) in [5.74, 6) is 0.790. The third kappa shape index (κ3) is 5.39. The zero-order valence-corrected chi connectivity index (χ0v) is 13.3. The molecule has 0 saturated carbocycles. The van der Waals surface area contributed by atoms with Gasteiger partial charge in [-0.25, -0.2) is 4.79 Å². The van der Waals surface area contributed by atoms with Gasteiger partial charge in [-0.05, 0) is 32.1 Å². The SMILES string of the molecule is CCC(C)CC(C)NC1CCN(C(=O)N(C)C)CC1. The Morgan fingerprint density at radius 2 is 1.89 bits per heavy atom. The van der Waals surface area contributed by atoms with Crippen LogP contribution in [0.25, 0.3) is 0 Å². The average Bonchev–Trinajstić information content (AvgIpc) is 2.38. The molecule has 0 radical (unpaired) electrons. The first-order chi connectivity index (χ1) is 8.93. The van der Waals surface area contributed by atoms with E-state index in [0.717, 1.165) is 31.8 Å². The minimum atomic E-state index is 0.145. The number of hydrogen-bond donors (Lipinski definition) is 1. The fourth-order valence-electron chi connectivity index (χ4n) is 2.76. The summed E-state index contributed by atoms with van der Waals surface area (Å²) >= 11 is 0. The van der Waals surface area contributed by atoms with E-state index >= 15 is 0 Å². The fraction of sp³-hybridized carbons (Fsp3) is 0.933.